The molecular weight excluding hydrogens is 520 g/mol. The lowest BCUT2D eigenvalue weighted by Crippen LogP contribution is -1.98. The van der Waals surface area contributed by atoms with Crippen molar-refractivity contribution in [3.8, 4) is 56.0 Å². The second-order valence-electron chi connectivity index (χ2n) is 10.8. The predicted octanol–water partition coefficient (Wildman–Crippen LogP) is 11.9. The highest BCUT2D eigenvalue weighted by Crippen LogP contribution is 2.51. The zero-order valence-corrected chi connectivity index (χ0v) is 23.1. The van der Waals surface area contributed by atoms with Crippen LogP contribution in [0.3, 0.4) is 0 Å². The van der Waals surface area contributed by atoms with Crippen LogP contribution in [0.1, 0.15) is 5.48 Å². The van der Waals surface area contributed by atoms with Gasteiger partial charge in [0.05, 0.1) is 5.48 Å². The molecule has 0 N–H and O–H groups in total. The van der Waals surface area contributed by atoms with E-state index >= 15 is 0 Å². The van der Waals surface area contributed by atoms with Crippen molar-refractivity contribution in [1.82, 2.24) is 0 Å². The third kappa shape index (κ3) is 3.58. The minimum Gasteiger partial charge on any atom is -0.456 e. The van der Waals surface area contributed by atoms with E-state index in [4.69, 9.17) is 4.74 Å². The standard InChI is InChI=1S/C42H26O/c1-2-13-27(14-3-1)28-15-4-5-17-30(28)40-31-18-6-8-20-33(31)41(34-21-9-7-19-32(34)40)37-26-25-36-29-16-10-11-23-38(29)43-39-24-12-22-35(37)42(36)39/h1-26H/i18D,19D,20D,21D. The normalized spacial score (nSPS) is 13.2. The van der Waals surface area contributed by atoms with Gasteiger partial charge in [-0.15, -0.1) is 0 Å². The van der Waals surface area contributed by atoms with Crippen LogP contribution in [0.5, 0.6) is 11.5 Å². The lowest BCUT2D eigenvalue weighted by molar-refractivity contribution is 0.487. The van der Waals surface area contributed by atoms with Gasteiger partial charge >= 0.3 is 0 Å². The van der Waals surface area contributed by atoms with E-state index in [-0.39, 0.29) is 24.2 Å². The lowest BCUT2D eigenvalue weighted by Gasteiger charge is -2.24. The summed E-state index contributed by atoms with van der Waals surface area (Å²) in [4.78, 5) is 0. The Hall–Kier alpha value is -5.66. The Morgan fingerprint density at radius 3 is 1.58 bits per heavy atom. The molecule has 8 aromatic rings. The average Bonchev–Trinajstić information content (AvgIpc) is 3.11. The molecule has 1 aliphatic rings. The van der Waals surface area contributed by atoms with Gasteiger partial charge in [0.15, 0.2) is 0 Å². The number of hydrogen-bond acceptors (Lipinski definition) is 1. The Morgan fingerprint density at radius 2 is 0.884 bits per heavy atom. The van der Waals surface area contributed by atoms with Gasteiger partial charge in [-0.05, 0) is 78.0 Å². The van der Waals surface area contributed by atoms with Gasteiger partial charge in [0.2, 0.25) is 0 Å². The van der Waals surface area contributed by atoms with Crippen molar-refractivity contribution in [2.24, 2.45) is 0 Å². The first kappa shape index (κ1) is 20.3. The van der Waals surface area contributed by atoms with Crippen LogP contribution in [0.4, 0.5) is 0 Å². The van der Waals surface area contributed by atoms with Crippen molar-refractivity contribution in [2.45, 2.75) is 0 Å². The number of rotatable bonds is 3. The molecule has 1 heteroatoms. The first-order chi connectivity index (χ1) is 23.0. The molecule has 0 atom stereocenters. The zero-order valence-electron chi connectivity index (χ0n) is 27.1. The van der Waals surface area contributed by atoms with Gasteiger partial charge in [-0.3, -0.25) is 0 Å². The monoisotopic (exact) mass is 550 g/mol. The third-order valence-electron chi connectivity index (χ3n) is 8.53. The van der Waals surface area contributed by atoms with Crippen molar-refractivity contribution < 1.29 is 10.2 Å². The van der Waals surface area contributed by atoms with Crippen molar-refractivity contribution >= 4 is 32.3 Å². The largest absolute Gasteiger partial charge is 0.456 e. The van der Waals surface area contributed by atoms with E-state index in [0.717, 1.165) is 55.7 Å². The van der Waals surface area contributed by atoms with Crippen LogP contribution in [-0.2, 0) is 0 Å². The second kappa shape index (κ2) is 9.44. The molecule has 0 bridgehead atoms. The van der Waals surface area contributed by atoms with E-state index in [9.17, 15) is 5.48 Å². The fourth-order valence-electron chi connectivity index (χ4n) is 6.73. The summed E-state index contributed by atoms with van der Waals surface area (Å²) in [6, 6.07) is 44.1. The predicted molar refractivity (Wildman–Crippen MR) is 181 cm³/mol. The first-order valence-electron chi connectivity index (χ1n) is 16.4. The summed E-state index contributed by atoms with van der Waals surface area (Å²) in [5.74, 6) is 1.55. The molecule has 9 rings (SSSR count). The van der Waals surface area contributed by atoms with Gasteiger partial charge in [-0.1, -0.05) is 145 Å². The molecule has 0 saturated carbocycles. The van der Waals surface area contributed by atoms with Crippen LogP contribution >= 0.6 is 0 Å². The molecule has 0 aliphatic carbocycles. The smallest absolute Gasteiger partial charge is 0.135 e. The SMILES string of the molecule is [2H]c1ccc([2H])c2c(-c3ccc4c5c(cccc35)Oc3ccccc3-4)c3c([2H])ccc([2H])c3c(-c3ccccc3-c3ccccc3)c12. The maximum atomic E-state index is 9.35. The molecule has 0 unspecified atom stereocenters. The maximum absolute atomic E-state index is 9.35. The third-order valence-corrected chi connectivity index (χ3v) is 8.53. The number of fused-ring (bicyclic) bond motifs is 4. The summed E-state index contributed by atoms with van der Waals surface area (Å²) in [7, 11) is 0. The maximum Gasteiger partial charge on any atom is 0.135 e. The van der Waals surface area contributed by atoms with E-state index in [1.807, 2.05) is 66.7 Å². The molecule has 0 aromatic heterocycles. The molecule has 200 valence electrons. The van der Waals surface area contributed by atoms with E-state index < -0.39 is 0 Å². The Labute approximate surface area is 255 Å². The molecular formula is C42H26O. The lowest BCUT2D eigenvalue weighted by atomic mass is 9.82. The topological polar surface area (TPSA) is 9.23 Å². The minimum atomic E-state index is 0.267. The van der Waals surface area contributed by atoms with Crippen LogP contribution in [-0.4, -0.2) is 0 Å². The van der Waals surface area contributed by atoms with Crippen LogP contribution in [0.2, 0.25) is 0 Å². The van der Waals surface area contributed by atoms with Crippen LogP contribution < -0.4 is 4.74 Å². The molecule has 0 fully saturated rings. The summed E-state index contributed by atoms with van der Waals surface area (Å²) in [5, 5.41) is 4.29. The fourth-order valence-corrected chi connectivity index (χ4v) is 6.73. The van der Waals surface area contributed by atoms with E-state index in [1.165, 1.54) is 0 Å². The summed E-state index contributed by atoms with van der Waals surface area (Å²) >= 11 is 0. The Bertz CT molecular complexity index is 2520. The molecule has 1 heterocycles. The van der Waals surface area contributed by atoms with Crippen LogP contribution in [0, 0.1) is 0 Å². The zero-order chi connectivity index (χ0) is 31.8. The molecule has 0 spiro atoms. The molecule has 0 amide bonds. The van der Waals surface area contributed by atoms with Crippen molar-refractivity contribution in [3.05, 3.63) is 158 Å². The highest BCUT2D eigenvalue weighted by atomic mass is 16.5. The molecule has 0 radical (unpaired) electrons. The van der Waals surface area contributed by atoms with E-state index in [2.05, 4.69) is 42.5 Å². The minimum absolute atomic E-state index is 0.267. The van der Waals surface area contributed by atoms with Crippen LogP contribution in [0.25, 0.3) is 76.8 Å². The Balaban J connectivity index is 1.49. The highest BCUT2D eigenvalue weighted by Gasteiger charge is 2.24. The molecule has 43 heavy (non-hydrogen) atoms. The quantitative estimate of drug-likeness (QED) is 0.199. The van der Waals surface area contributed by atoms with Gasteiger partial charge in [0, 0.05) is 10.9 Å². The van der Waals surface area contributed by atoms with Crippen molar-refractivity contribution in [1.29, 1.82) is 0 Å². The summed E-state index contributed by atoms with van der Waals surface area (Å²) < 4.78 is 43.7. The molecule has 1 nitrogen and oxygen atoms in total. The van der Waals surface area contributed by atoms with Gasteiger partial charge < -0.3 is 4.74 Å². The first-order valence-corrected chi connectivity index (χ1v) is 14.4. The Morgan fingerprint density at radius 1 is 0.349 bits per heavy atom. The molecule has 1 aliphatic heterocycles. The Kier molecular flexibility index (Phi) is 4.45. The van der Waals surface area contributed by atoms with Gasteiger partial charge in [-0.25, -0.2) is 0 Å². The summed E-state index contributed by atoms with van der Waals surface area (Å²) in [6.07, 6.45) is 0. The fraction of sp³-hybridized carbons (Fsp3) is 0. The van der Waals surface area contributed by atoms with Crippen molar-refractivity contribution in [2.75, 3.05) is 0 Å². The average molecular weight is 551 g/mol. The second-order valence-corrected chi connectivity index (χ2v) is 10.8. The van der Waals surface area contributed by atoms with E-state index in [0.29, 0.717) is 32.7 Å². The van der Waals surface area contributed by atoms with Gasteiger partial charge in [0.1, 0.15) is 11.5 Å². The summed E-state index contributed by atoms with van der Waals surface area (Å²) in [6.45, 7) is 0. The summed E-state index contributed by atoms with van der Waals surface area (Å²) in [5.41, 5.74) is 7.14. The van der Waals surface area contributed by atoms with Gasteiger partial charge in [0.25, 0.3) is 0 Å². The van der Waals surface area contributed by atoms with Gasteiger partial charge in [-0.2, -0.15) is 0 Å². The number of hydrogen-bond donors (Lipinski definition) is 0. The number of ether oxygens (including phenoxy) is 1. The number of para-hydroxylation sites is 1. The molecule has 0 saturated heterocycles. The molecule has 8 aromatic carbocycles. The number of benzene rings is 8. The van der Waals surface area contributed by atoms with E-state index in [1.54, 1.807) is 24.3 Å². The highest BCUT2D eigenvalue weighted by molar-refractivity contribution is 6.25. The van der Waals surface area contributed by atoms with Crippen molar-refractivity contribution in [3.63, 3.8) is 0 Å². The van der Waals surface area contributed by atoms with Crippen LogP contribution in [0.15, 0.2) is 158 Å².